The number of aromatic amines is 1. The van der Waals surface area contributed by atoms with E-state index in [0.29, 0.717) is 5.52 Å². The number of para-hydroxylation sites is 1. The highest BCUT2D eigenvalue weighted by molar-refractivity contribution is 5.97. The number of aromatic hydroxyl groups is 1. The van der Waals surface area contributed by atoms with Crippen LogP contribution in [0.5, 0.6) is 5.75 Å². The Bertz CT molecular complexity index is 882. The summed E-state index contributed by atoms with van der Waals surface area (Å²) in [5.41, 5.74) is 1.20. The van der Waals surface area contributed by atoms with Gasteiger partial charge in [-0.25, -0.2) is 0 Å². The number of hydrogen-bond donors (Lipinski definition) is 3. The largest absolute Gasteiger partial charge is 0.508 e. The normalized spacial score (nSPS) is 10.5. The second-order valence-corrected chi connectivity index (χ2v) is 4.95. The molecule has 0 bridgehead atoms. The smallest absolute Gasteiger partial charge is 0.261 e. The van der Waals surface area contributed by atoms with Crippen molar-refractivity contribution in [3.05, 3.63) is 76.1 Å². The number of rotatable bonds is 3. The van der Waals surface area contributed by atoms with Gasteiger partial charge >= 0.3 is 0 Å². The zero-order valence-corrected chi connectivity index (χ0v) is 11.7. The van der Waals surface area contributed by atoms with Crippen molar-refractivity contribution in [1.29, 1.82) is 0 Å². The van der Waals surface area contributed by atoms with Crippen molar-refractivity contribution in [3.63, 3.8) is 0 Å². The molecule has 0 spiro atoms. The topological polar surface area (TPSA) is 82.2 Å². The number of hydrogen-bond acceptors (Lipinski definition) is 3. The molecule has 5 nitrogen and oxygen atoms in total. The third-order valence-corrected chi connectivity index (χ3v) is 3.39. The van der Waals surface area contributed by atoms with Crippen molar-refractivity contribution in [3.8, 4) is 5.75 Å². The number of carbonyl (C=O) groups excluding carboxylic acids is 1. The Kier molecular flexibility index (Phi) is 3.62. The van der Waals surface area contributed by atoms with Gasteiger partial charge in [0.15, 0.2) is 0 Å². The molecule has 0 radical (unpaired) electrons. The highest BCUT2D eigenvalue weighted by atomic mass is 16.3. The number of benzene rings is 2. The van der Waals surface area contributed by atoms with E-state index in [1.807, 2.05) is 18.2 Å². The lowest BCUT2D eigenvalue weighted by Gasteiger charge is -2.06. The third-order valence-electron chi connectivity index (χ3n) is 3.39. The number of amides is 1. The van der Waals surface area contributed by atoms with E-state index in [1.165, 1.54) is 0 Å². The average molecular weight is 294 g/mol. The quantitative estimate of drug-likeness (QED) is 0.692. The summed E-state index contributed by atoms with van der Waals surface area (Å²) in [6.45, 7) is 0.283. The van der Waals surface area contributed by atoms with Crippen LogP contribution in [0.1, 0.15) is 15.9 Å². The van der Waals surface area contributed by atoms with Crippen LogP contribution in [0.25, 0.3) is 10.9 Å². The van der Waals surface area contributed by atoms with Gasteiger partial charge in [0.1, 0.15) is 11.3 Å². The molecule has 0 saturated heterocycles. The lowest BCUT2D eigenvalue weighted by Crippen LogP contribution is -2.29. The number of aromatic nitrogens is 1. The Balaban J connectivity index is 1.81. The van der Waals surface area contributed by atoms with Gasteiger partial charge in [-0.15, -0.1) is 0 Å². The Morgan fingerprint density at radius 3 is 2.59 bits per heavy atom. The molecular weight excluding hydrogens is 280 g/mol. The van der Waals surface area contributed by atoms with Gasteiger partial charge in [0.05, 0.1) is 0 Å². The van der Waals surface area contributed by atoms with Gasteiger partial charge in [-0.1, -0.05) is 30.3 Å². The highest BCUT2D eigenvalue weighted by Crippen LogP contribution is 2.11. The summed E-state index contributed by atoms with van der Waals surface area (Å²) < 4.78 is 0. The standard InChI is InChI=1S/C17H14N2O3/c20-13-7-5-11(6-8-13)10-18-16(21)14-9-12-3-1-2-4-15(12)19-17(14)22/h1-9,20H,10H2,(H,18,21)(H,19,22). The molecule has 1 heterocycles. The molecule has 0 aliphatic carbocycles. The molecule has 110 valence electrons. The fourth-order valence-corrected chi connectivity index (χ4v) is 2.21. The minimum Gasteiger partial charge on any atom is -0.508 e. The Morgan fingerprint density at radius 2 is 1.82 bits per heavy atom. The second kappa shape index (κ2) is 5.73. The SMILES string of the molecule is O=C(NCc1ccc(O)cc1)c1cc2ccccc2[nH]c1=O. The molecule has 1 amide bonds. The van der Waals surface area contributed by atoms with Crippen molar-refractivity contribution in [2.75, 3.05) is 0 Å². The minimum absolute atomic E-state index is 0.0810. The van der Waals surface area contributed by atoms with Crippen molar-refractivity contribution in [2.24, 2.45) is 0 Å². The van der Waals surface area contributed by atoms with Gasteiger partial charge in [0.25, 0.3) is 11.5 Å². The summed E-state index contributed by atoms with van der Waals surface area (Å²) in [6, 6.07) is 15.4. The molecular formula is C17H14N2O3. The summed E-state index contributed by atoms with van der Waals surface area (Å²) >= 11 is 0. The Morgan fingerprint density at radius 1 is 1.09 bits per heavy atom. The molecule has 0 atom stereocenters. The predicted octanol–water partition coefficient (Wildman–Crippen LogP) is 2.16. The number of fused-ring (bicyclic) bond motifs is 1. The zero-order valence-electron chi connectivity index (χ0n) is 11.7. The van der Waals surface area contributed by atoms with E-state index in [2.05, 4.69) is 10.3 Å². The van der Waals surface area contributed by atoms with Gasteiger partial charge in [-0.3, -0.25) is 9.59 Å². The van der Waals surface area contributed by atoms with Gasteiger partial charge in [-0.2, -0.15) is 0 Å². The van der Waals surface area contributed by atoms with Crippen LogP contribution < -0.4 is 10.9 Å². The maximum absolute atomic E-state index is 12.2. The summed E-state index contributed by atoms with van der Waals surface area (Å²) in [5, 5.41) is 12.7. The molecule has 0 saturated carbocycles. The van der Waals surface area contributed by atoms with E-state index in [-0.39, 0.29) is 17.9 Å². The van der Waals surface area contributed by atoms with Crippen LogP contribution in [0.3, 0.4) is 0 Å². The lowest BCUT2D eigenvalue weighted by atomic mass is 10.1. The number of H-pyrrole nitrogens is 1. The molecule has 22 heavy (non-hydrogen) atoms. The minimum atomic E-state index is -0.430. The molecule has 0 aliphatic heterocycles. The van der Waals surface area contributed by atoms with E-state index >= 15 is 0 Å². The molecule has 0 aliphatic rings. The summed E-state index contributed by atoms with van der Waals surface area (Å²) in [6.07, 6.45) is 0. The molecule has 2 aromatic carbocycles. The maximum atomic E-state index is 12.2. The maximum Gasteiger partial charge on any atom is 0.261 e. The Labute approximate surface area is 126 Å². The van der Waals surface area contributed by atoms with E-state index in [4.69, 9.17) is 0 Å². The number of phenols is 1. The van der Waals surface area contributed by atoms with E-state index in [1.54, 1.807) is 36.4 Å². The van der Waals surface area contributed by atoms with Crippen LogP contribution in [-0.2, 0) is 6.54 Å². The third kappa shape index (κ3) is 2.83. The van der Waals surface area contributed by atoms with Gasteiger partial charge in [-0.05, 0) is 35.2 Å². The summed E-state index contributed by atoms with van der Waals surface area (Å²) in [4.78, 5) is 26.8. The van der Waals surface area contributed by atoms with Crippen molar-refractivity contribution >= 4 is 16.8 Å². The van der Waals surface area contributed by atoms with Crippen LogP contribution in [-0.4, -0.2) is 16.0 Å². The van der Waals surface area contributed by atoms with Crippen LogP contribution in [0, 0.1) is 0 Å². The first kappa shape index (κ1) is 13.9. The molecule has 1 aromatic heterocycles. The molecule has 0 unspecified atom stereocenters. The molecule has 3 N–H and O–H groups in total. The number of phenolic OH excluding ortho intramolecular Hbond substituents is 1. The fourth-order valence-electron chi connectivity index (χ4n) is 2.21. The highest BCUT2D eigenvalue weighted by Gasteiger charge is 2.11. The number of nitrogens with one attached hydrogen (secondary N) is 2. The molecule has 5 heteroatoms. The Hall–Kier alpha value is -3.08. The number of carbonyl (C=O) groups is 1. The van der Waals surface area contributed by atoms with Crippen LogP contribution in [0.4, 0.5) is 0 Å². The molecule has 3 aromatic rings. The second-order valence-electron chi connectivity index (χ2n) is 4.95. The predicted molar refractivity (Wildman–Crippen MR) is 83.8 cm³/mol. The van der Waals surface area contributed by atoms with E-state index in [9.17, 15) is 14.7 Å². The van der Waals surface area contributed by atoms with Gasteiger partial charge in [0, 0.05) is 12.1 Å². The van der Waals surface area contributed by atoms with Crippen LogP contribution in [0.2, 0.25) is 0 Å². The van der Waals surface area contributed by atoms with Crippen molar-refractivity contribution in [1.82, 2.24) is 10.3 Å². The average Bonchev–Trinajstić information content (AvgIpc) is 2.53. The monoisotopic (exact) mass is 294 g/mol. The van der Waals surface area contributed by atoms with Gasteiger partial charge in [0.2, 0.25) is 0 Å². The summed E-state index contributed by atoms with van der Waals surface area (Å²) in [5.74, 6) is -0.263. The fraction of sp³-hybridized carbons (Fsp3) is 0.0588. The van der Waals surface area contributed by atoms with Crippen molar-refractivity contribution in [2.45, 2.75) is 6.54 Å². The van der Waals surface area contributed by atoms with E-state index in [0.717, 1.165) is 10.9 Å². The first-order valence-electron chi connectivity index (χ1n) is 6.82. The molecule has 0 fully saturated rings. The lowest BCUT2D eigenvalue weighted by molar-refractivity contribution is 0.0949. The van der Waals surface area contributed by atoms with E-state index < -0.39 is 11.5 Å². The molecule has 3 rings (SSSR count). The van der Waals surface area contributed by atoms with Crippen LogP contribution in [0.15, 0.2) is 59.4 Å². The summed E-state index contributed by atoms with van der Waals surface area (Å²) in [7, 11) is 0. The van der Waals surface area contributed by atoms with Crippen molar-refractivity contribution < 1.29 is 9.90 Å². The van der Waals surface area contributed by atoms with Gasteiger partial charge < -0.3 is 15.4 Å². The first-order chi connectivity index (χ1) is 10.6. The first-order valence-corrected chi connectivity index (χ1v) is 6.82. The van der Waals surface area contributed by atoms with Crippen LogP contribution >= 0.6 is 0 Å². The number of pyridine rings is 1. The zero-order chi connectivity index (χ0) is 15.5.